The zero-order valence-corrected chi connectivity index (χ0v) is 12.8. The average molecular weight is 366 g/mol. The largest absolute Gasteiger partial charge is 0.381 e. The molecule has 0 aliphatic heterocycles. The summed E-state index contributed by atoms with van der Waals surface area (Å²) in [7, 11) is 0. The summed E-state index contributed by atoms with van der Waals surface area (Å²) in [6.45, 7) is 2.27. The molecule has 0 aliphatic carbocycles. The molecule has 98 valence electrons. The number of nitrogens with one attached hydrogen (secondary N) is 2. The average Bonchev–Trinajstić information content (AvgIpc) is 2.37. The van der Waals surface area contributed by atoms with Gasteiger partial charge in [0.15, 0.2) is 0 Å². The molecule has 3 nitrogen and oxygen atoms in total. The number of rotatable bonds is 4. The lowest BCUT2D eigenvalue weighted by Gasteiger charge is -2.08. The highest BCUT2D eigenvalue weighted by atomic mass is 127. The van der Waals surface area contributed by atoms with Gasteiger partial charge in [0.05, 0.1) is 0 Å². The van der Waals surface area contributed by atoms with Crippen LogP contribution in [0.4, 0.5) is 11.4 Å². The summed E-state index contributed by atoms with van der Waals surface area (Å²) in [5, 5.41) is 6.12. The van der Waals surface area contributed by atoms with E-state index >= 15 is 0 Å². The SMILES string of the molecule is CC(=O)Nc1ccc(CNc2cccc(I)c2)cc1. The van der Waals surface area contributed by atoms with Crippen molar-refractivity contribution < 1.29 is 4.79 Å². The molecule has 4 heteroatoms. The van der Waals surface area contributed by atoms with Gasteiger partial charge in [-0.2, -0.15) is 0 Å². The number of hydrogen-bond donors (Lipinski definition) is 2. The van der Waals surface area contributed by atoms with Gasteiger partial charge in [-0.25, -0.2) is 0 Å². The molecule has 0 radical (unpaired) electrons. The Bertz CT molecular complexity index is 567. The van der Waals surface area contributed by atoms with Crippen molar-refractivity contribution in [3.63, 3.8) is 0 Å². The molecular weight excluding hydrogens is 351 g/mol. The number of anilines is 2. The Kier molecular flexibility index (Phi) is 4.79. The van der Waals surface area contributed by atoms with Crippen LogP contribution >= 0.6 is 22.6 Å². The fraction of sp³-hybridized carbons (Fsp3) is 0.133. The quantitative estimate of drug-likeness (QED) is 0.807. The Morgan fingerprint density at radius 1 is 1.11 bits per heavy atom. The number of halogens is 1. The van der Waals surface area contributed by atoms with Crippen LogP contribution in [0.15, 0.2) is 48.5 Å². The summed E-state index contributed by atoms with van der Waals surface area (Å²) in [6.07, 6.45) is 0. The Labute approximate surface area is 126 Å². The summed E-state index contributed by atoms with van der Waals surface area (Å²) < 4.78 is 1.21. The van der Waals surface area contributed by atoms with E-state index in [-0.39, 0.29) is 5.91 Å². The van der Waals surface area contributed by atoms with E-state index < -0.39 is 0 Å². The van der Waals surface area contributed by atoms with Gasteiger partial charge in [0, 0.05) is 28.4 Å². The summed E-state index contributed by atoms with van der Waals surface area (Å²) in [6, 6.07) is 16.1. The number of benzene rings is 2. The van der Waals surface area contributed by atoms with Crippen LogP contribution in [-0.2, 0) is 11.3 Å². The maximum Gasteiger partial charge on any atom is 0.221 e. The molecule has 0 saturated heterocycles. The zero-order chi connectivity index (χ0) is 13.7. The van der Waals surface area contributed by atoms with E-state index in [1.165, 1.54) is 16.1 Å². The molecule has 0 aliphatic rings. The zero-order valence-electron chi connectivity index (χ0n) is 10.6. The van der Waals surface area contributed by atoms with Gasteiger partial charge in [-0.1, -0.05) is 18.2 Å². The molecule has 0 heterocycles. The topological polar surface area (TPSA) is 41.1 Å². The monoisotopic (exact) mass is 366 g/mol. The molecule has 2 aromatic rings. The Morgan fingerprint density at radius 2 is 1.84 bits per heavy atom. The first-order chi connectivity index (χ1) is 9.13. The third kappa shape index (κ3) is 4.55. The number of carbonyl (C=O) groups excluding carboxylic acids is 1. The number of hydrogen-bond acceptors (Lipinski definition) is 2. The van der Waals surface area contributed by atoms with Gasteiger partial charge in [-0.3, -0.25) is 4.79 Å². The fourth-order valence-corrected chi connectivity index (χ4v) is 2.25. The minimum atomic E-state index is -0.0512. The van der Waals surface area contributed by atoms with Crippen molar-refractivity contribution in [2.24, 2.45) is 0 Å². The maximum absolute atomic E-state index is 10.9. The number of carbonyl (C=O) groups is 1. The predicted octanol–water partition coefficient (Wildman–Crippen LogP) is 3.86. The van der Waals surface area contributed by atoms with Crippen LogP contribution in [0, 0.1) is 3.57 Å². The Balaban J connectivity index is 1.94. The lowest BCUT2D eigenvalue weighted by molar-refractivity contribution is -0.114. The first-order valence-electron chi connectivity index (χ1n) is 5.99. The van der Waals surface area contributed by atoms with Gasteiger partial charge >= 0.3 is 0 Å². The van der Waals surface area contributed by atoms with Crippen molar-refractivity contribution in [3.8, 4) is 0 Å². The van der Waals surface area contributed by atoms with Gasteiger partial charge in [-0.15, -0.1) is 0 Å². The molecule has 0 aromatic heterocycles. The Hall–Kier alpha value is -1.56. The van der Waals surface area contributed by atoms with Crippen LogP contribution in [0.1, 0.15) is 12.5 Å². The fourth-order valence-electron chi connectivity index (χ4n) is 1.71. The molecule has 2 N–H and O–H groups in total. The summed E-state index contributed by atoms with van der Waals surface area (Å²) in [4.78, 5) is 10.9. The molecule has 0 saturated carbocycles. The lowest BCUT2D eigenvalue weighted by Crippen LogP contribution is -2.06. The van der Waals surface area contributed by atoms with E-state index in [2.05, 4.69) is 45.4 Å². The van der Waals surface area contributed by atoms with Gasteiger partial charge in [0.25, 0.3) is 0 Å². The number of amides is 1. The highest BCUT2D eigenvalue weighted by Crippen LogP contribution is 2.15. The first kappa shape index (κ1) is 13.9. The second-order valence-electron chi connectivity index (χ2n) is 4.24. The van der Waals surface area contributed by atoms with Crippen molar-refractivity contribution in [3.05, 3.63) is 57.7 Å². The standard InChI is InChI=1S/C15H15IN2O/c1-11(19)18-14-7-5-12(6-8-14)10-17-15-4-2-3-13(16)9-15/h2-9,17H,10H2,1H3,(H,18,19). The molecular formula is C15H15IN2O. The second-order valence-corrected chi connectivity index (χ2v) is 5.49. The highest BCUT2D eigenvalue weighted by molar-refractivity contribution is 14.1. The molecule has 0 atom stereocenters. The van der Waals surface area contributed by atoms with E-state index in [0.717, 1.165) is 17.9 Å². The van der Waals surface area contributed by atoms with E-state index in [0.29, 0.717) is 0 Å². The third-order valence-corrected chi connectivity index (χ3v) is 3.27. The molecule has 0 spiro atoms. The van der Waals surface area contributed by atoms with Crippen LogP contribution in [0.3, 0.4) is 0 Å². The van der Waals surface area contributed by atoms with E-state index in [1.807, 2.05) is 36.4 Å². The molecule has 2 aromatic carbocycles. The van der Waals surface area contributed by atoms with Crippen molar-refractivity contribution in [2.45, 2.75) is 13.5 Å². The van der Waals surface area contributed by atoms with Gasteiger partial charge in [0.1, 0.15) is 0 Å². The third-order valence-electron chi connectivity index (χ3n) is 2.60. The lowest BCUT2D eigenvalue weighted by atomic mass is 10.2. The van der Waals surface area contributed by atoms with Gasteiger partial charge in [0.2, 0.25) is 5.91 Å². The Morgan fingerprint density at radius 3 is 2.47 bits per heavy atom. The van der Waals surface area contributed by atoms with E-state index in [4.69, 9.17) is 0 Å². The molecule has 19 heavy (non-hydrogen) atoms. The molecule has 0 bridgehead atoms. The highest BCUT2D eigenvalue weighted by Gasteiger charge is 1.97. The first-order valence-corrected chi connectivity index (χ1v) is 7.07. The normalized spacial score (nSPS) is 10.0. The van der Waals surface area contributed by atoms with Gasteiger partial charge in [-0.05, 0) is 58.5 Å². The van der Waals surface area contributed by atoms with Crippen LogP contribution in [0.25, 0.3) is 0 Å². The molecule has 1 amide bonds. The molecule has 0 fully saturated rings. The van der Waals surface area contributed by atoms with Crippen molar-refractivity contribution in [1.82, 2.24) is 0 Å². The van der Waals surface area contributed by atoms with E-state index in [1.54, 1.807) is 0 Å². The summed E-state index contributed by atoms with van der Waals surface area (Å²) >= 11 is 2.29. The minimum Gasteiger partial charge on any atom is -0.381 e. The molecule has 2 rings (SSSR count). The summed E-state index contributed by atoms with van der Waals surface area (Å²) in [5.74, 6) is -0.0512. The molecule has 0 unspecified atom stereocenters. The predicted molar refractivity (Wildman–Crippen MR) is 87.2 cm³/mol. The smallest absolute Gasteiger partial charge is 0.221 e. The van der Waals surface area contributed by atoms with Crippen molar-refractivity contribution in [2.75, 3.05) is 10.6 Å². The van der Waals surface area contributed by atoms with Crippen LogP contribution in [-0.4, -0.2) is 5.91 Å². The summed E-state index contributed by atoms with van der Waals surface area (Å²) in [5.41, 5.74) is 3.11. The van der Waals surface area contributed by atoms with Crippen molar-refractivity contribution >= 4 is 39.9 Å². The van der Waals surface area contributed by atoms with E-state index in [9.17, 15) is 4.79 Å². The van der Waals surface area contributed by atoms with Gasteiger partial charge < -0.3 is 10.6 Å². The minimum absolute atomic E-state index is 0.0512. The van der Waals surface area contributed by atoms with Crippen LogP contribution < -0.4 is 10.6 Å². The van der Waals surface area contributed by atoms with Crippen LogP contribution in [0.5, 0.6) is 0 Å². The maximum atomic E-state index is 10.9. The second kappa shape index (κ2) is 6.56. The van der Waals surface area contributed by atoms with Crippen LogP contribution in [0.2, 0.25) is 0 Å². The van der Waals surface area contributed by atoms with Crippen molar-refractivity contribution in [1.29, 1.82) is 0 Å².